The maximum absolute atomic E-state index is 13.9. The summed E-state index contributed by atoms with van der Waals surface area (Å²) in [7, 11) is 0. The van der Waals surface area contributed by atoms with Crippen molar-refractivity contribution in [2.75, 3.05) is 23.8 Å². The topological polar surface area (TPSA) is 264 Å². The highest BCUT2D eigenvalue weighted by Crippen LogP contribution is 2.36. The van der Waals surface area contributed by atoms with Crippen molar-refractivity contribution in [2.45, 2.75) is 99.6 Å². The van der Waals surface area contributed by atoms with Gasteiger partial charge in [-0.2, -0.15) is 10.2 Å². The Bertz CT molecular complexity index is 2640. The molecule has 6 aromatic rings. The maximum atomic E-state index is 13.9. The number of carbonyl (C=O) groups is 4. The molecule has 2 atom stereocenters. The Morgan fingerprint density at radius 2 is 1.31 bits per heavy atom. The molecule has 0 saturated carbocycles. The van der Waals surface area contributed by atoms with E-state index in [2.05, 4.69) is 20.8 Å². The van der Waals surface area contributed by atoms with E-state index in [0.29, 0.717) is 64.4 Å². The van der Waals surface area contributed by atoms with E-state index in [4.69, 9.17) is 35.6 Å². The number of aliphatic hydroxyl groups excluding tert-OH is 1. The SMILES string of the molecule is C.CCn1nc(C)cc1C(=O)Nc1nc2cc(C(N)=O)ccc2n1C[C@H]1OC(C)(C)O[C@@H]1Cn1c(NC(=O)c2cc(C)nn2CC)nc2cc(C(N)=O)cc(OCCCO)c21. The number of hydrogen-bond donors (Lipinski definition) is 5. The molecule has 5 heterocycles. The molecule has 20 nitrogen and oxygen atoms in total. The van der Waals surface area contributed by atoms with Gasteiger partial charge in [-0.3, -0.25) is 39.2 Å². The predicted octanol–water partition coefficient (Wildman–Crippen LogP) is 3.76. The van der Waals surface area contributed by atoms with E-state index in [0.717, 1.165) is 0 Å². The first kappa shape index (κ1) is 43.9. The van der Waals surface area contributed by atoms with Gasteiger partial charge in [0.05, 0.1) is 47.6 Å². The number of amides is 4. The number of primary amides is 2. The van der Waals surface area contributed by atoms with Crippen LogP contribution in [0, 0.1) is 13.8 Å². The molecule has 0 unspecified atom stereocenters. The number of anilines is 2. The Kier molecular flexibility index (Phi) is 12.6. The summed E-state index contributed by atoms with van der Waals surface area (Å²) >= 11 is 0. The summed E-state index contributed by atoms with van der Waals surface area (Å²) in [6, 6.07) is 11.2. The van der Waals surface area contributed by atoms with Crippen LogP contribution in [0.2, 0.25) is 0 Å². The summed E-state index contributed by atoms with van der Waals surface area (Å²) in [4.78, 5) is 61.8. The molecule has 1 aliphatic heterocycles. The van der Waals surface area contributed by atoms with Gasteiger partial charge in [0, 0.05) is 37.2 Å². The highest BCUT2D eigenvalue weighted by molar-refractivity contribution is 6.05. The van der Waals surface area contributed by atoms with Crippen LogP contribution in [-0.4, -0.2) is 98.6 Å². The lowest BCUT2D eigenvalue weighted by molar-refractivity contribution is -0.148. The van der Waals surface area contributed by atoms with Gasteiger partial charge in [0.25, 0.3) is 11.8 Å². The van der Waals surface area contributed by atoms with Gasteiger partial charge in [-0.1, -0.05) is 7.43 Å². The van der Waals surface area contributed by atoms with Crippen LogP contribution in [0.4, 0.5) is 11.9 Å². The number of aryl methyl sites for hydroxylation is 4. The van der Waals surface area contributed by atoms with Crippen LogP contribution in [0.15, 0.2) is 42.5 Å². The standard InChI is InChI=1S/C40H48N12O8.CH4/c1-7-51-28(14-21(3)47-51)36(56)45-38-43-25-16-23(34(41)54)10-11-27(25)49(38)19-31-32(60-40(5,6)59-31)20-50-33-26(17-24(35(42)55)18-30(33)58-13-9-12-53)44-39(50)46-37(57)29-15-22(4)48-52(29)8-2;/h10-11,14-18,31-32,53H,7-9,12-13,19-20H2,1-6H3,(H2,41,54)(H2,42,55)(H,43,45,56)(H,44,46,57);1H4/t31-,32-;/m1./s1. The number of nitrogens with two attached hydrogens (primary N) is 2. The zero-order valence-corrected chi connectivity index (χ0v) is 34.2. The first-order valence-corrected chi connectivity index (χ1v) is 19.5. The molecule has 1 aliphatic rings. The van der Waals surface area contributed by atoms with Gasteiger partial charge < -0.3 is 39.9 Å². The number of benzene rings is 2. The molecule has 0 bridgehead atoms. The number of nitrogens with zero attached hydrogens (tertiary/aromatic N) is 8. The van der Waals surface area contributed by atoms with Crippen molar-refractivity contribution >= 4 is 57.6 Å². The van der Waals surface area contributed by atoms with Crippen molar-refractivity contribution in [1.29, 1.82) is 0 Å². The number of fused-ring (bicyclic) bond motifs is 2. The molecule has 7 rings (SSSR count). The Balaban J connectivity index is 0.00000622. The summed E-state index contributed by atoms with van der Waals surface area (Å²) < 4.78 is 25.9. The Labute approximate surface area is 351 Å². The van der Waals surface area contributed by atoms with E-state index in [1.54, 1.807) is 76.5 Å². The lowest BCUT2D eigenvalue weighted by Gasteiger charge is -2.21. The zero-order chi connectivity index (χ0) is 43.0. The number of hydrogen-bond acceptors (Lipinski definition) is 12. The fraction of sp³-hybridized carbons (Fsp3) is 0.415. The largest absolute Gasteiger partial charge is 0.491 e. The average Bonchev–Trinajstić information content (AvgIpc) is 4.00. The molecular formula is C41H52N12O8. The molecule has 0 aliphatic carbocycles. The maximum Gasteiger partial charge on any atom is 0.276 e. The van der Waals surface area contributed by atoms with Crippen LogP contribution in [0.3, 0.4) is 0 Å². The first-order chi connectivity index (χ1) is 28.6. The third-order valence-electron chi connectivity index (χ3n) is 10.0. The second-order valence-corrected chi connectivity index (χ2v) is 14.9. The summed E-state index contributed by atoms with van der Waals surface area (Å²) in [5, 5.41) is 24.2. The molecule has 4 amide bonds. The van der Waals surface area contributed by atoms with E-state index >= 15 is 0 Å². The molecule has 324 valence electrons. The lowest BCUT2D eigenvalue weighted by Crippen LogP contribution is -2.33. The van der Waals surface area contributed by atoms with Gasteiger partial charge in [0.1, 0.15) is 34.9 Å². The normalized spacial score (nSPS) is 15.9. The summed E-state index contributed by atoms with van der Waals surface area (Å²) in [5.41, 5.74) is 15.4. The molecule has 20 heteroatoms. The zero-order valence-electron chi connectivity index (χ0n) is 34.2. The first-order valence-electron chi connectivity index (χ1n) is 19.5. The van der Waals surface area contributed by atoms with Crippen molar-refractivity contribution in [3.05, 3.63) is 76.4 Å². The molecule has 2 aromatic carbocycles. The van der Waals surface area contributed by atoms with Crippen molar-refractivity contribution in [3.63, 3.8) is 0 Å². The van der Waals surface area contributed by atoms with Crippen molar-refractivity contribution in [3.8, 4) is 5.75 Å². The number of carbonyl (C=O) groups excluding carboxylic acids is 4. The van der Waals surface area contributed by atoms with Crippen LogP contribution >= 0.6 is 0 Å². The Hall–Kier alpha value is -6.64. The minimum Gasteiger partial charge on any atom is -0.491 e. The van der Waals surface area contributed by atoms with Crippen LogP contribution in [0.5, 0.6) is 5.75 Å². The number of aliphatic hydroxyl groups is 1. The van der Waals surface area contributed by atoms with Crippen molar-refractivity contribution < 1.29 is 38.5 Å². The molecule has 0 radical (unpaired) electrons. The molecule has 4 aromatic heterocycles. The highest BCUT2D eigenvalue weighted by atomic mass is 16.8. The smallest absolute Gasteiger partial charge is 0.276 e. The third kappa shape index (κ3) is 8.96. The van der Waals surface area contributed by atoms with Crippen LogP contribution < -0.4 is 26.8 Å². The second kappa shape index (κ2) is 17.5. The van der Waals surface area contributed by atoms with Crippen LogP contribution in [-0.2, 0) is 35.7 Å². The van der Waals surface area contributed by atoms with Gasteiger partial charge in [0.15, 0.2) is 5.79 Å². The molecular weight excluding hydrogens is 789 g/mol. The number of nitrogens with one attached hydrogen (secondary N) is 2. The molecule has 1 saturated heterocycles. The van der Waals surface area contributed by atoms with Crippen LogP contribution in [0.25, 0.3) is 22.1 Å². The van der Waals surface area contributed by atoms with Gasteiger partial charge in [0.2, 0.25) is 23.7 Å². The number of ether oxygens (including phenoxy) is 3. The van der Waals surface area contributed by atoms with Gasteiger partial charge in [-0.25, -0.2) is 9.97 Å². The highest BCUT2D eigenvalue weighted by Gasteiger charge is 2.43. The van der Waals surface area contributed by atoms with Gasteiger partial charge in [-0.15, -0.1) is 0 Å². The van der Waals surface area contributed by atoms with E-state index in [9.17, 15) is 24.3 Å². The van der Waals surface area contributed by atoms with E-state index in [1.807, 2.05) is 13.8 Å². The molecule has 0 spiro atoms. The monoisotopic (exact) mass is 840 g/mol. The molecule has 1 fully saturated rings. The fourth-order valence-electron chi connectivity index (χ4n) is 7.41. The number of aromatic nitrogens is 8. The van der Waals surface area contributed by atoms with Gasteiger partial charge in [-0.05, 0) is 84.0 Å². The summed E-state index contributed by atoms with van der Waals surface area (Å²) in [5.74, 6) is -2.86. The van der Waals surface area contributed by atoms with Gasteiger partial charge >= 0.3 is 0 Å². The Morgan fingerprint density at radius 1 is 0.787 bits per heavy atom. The summed E-state index contributed by atoms with van der Waals surface area (Å²) in [6.45, 7) is 11.9. The predicted molar refractivity (Wildman–Crippen MR) is 225 cm³/mol. The minimum atomic E-state index is -1.11. The van der Waals surface area contributed by atoms with E-state index in [1.165, 1.54) is 12.1 Å². The minimum absolute atomic E-state index is 0. The Morgan fingerprint density at radius 3 is 1.85 bits per heavy atom. The average molecular weight is 841 g/mol. The number of imidazole rings is 2. The van der Waals surface area contributed by atoms with Crippen LogP contribution in [0.1, 0.15) is 94.6 Å². The molecule has 61 heavy (non-hydrogen) atoms. The summed E-state index contributed by atoms with van der Waals surface area (Å²) in [6.07, 6.45) is -1.16. The van der Waals surface area contributed by atoms with Crippen molar-refractivity contribution in [2.24, 2.45) is 11.5 Å². The van der Waals surface area contributed by atoms with E-state index < -0.39 is 41.6 Å². The van der Waals surface area contributed by atoms with Crippen molar-refractivity contribution in [1.82, 2.24) is 38.7 Å². The number of rotatable bonds is 16. The molecule has 7 N–H and O–H groups in total. The lowest BCUT2D eigenvalue weighted by atomic mass is 10.1. The fourth-order valence-corrected chi connectivity index (χ4v) is 7.41. The third-order valence-corrected chi connectivity index (χ3v) is 10.0. The quantitative estimate of drug-likeness (QED) is 0.0873. The van der Waals surface area contributed by atoms with E-state index in [-0.39, 0.29) is 62.5 Å². The second-order valence-electron chi connectivity index (χ2n) is 14.9.